The van der Waals surface area contributed by atoms with Gasteiger partial charge in [0.1, 0.15) is 0 Å². The number of allylic oxidation sites excluding steroid dienone is 4. The number of hydrogen-bond donors (Lipinski definition) is 0. The molecule has 1 nitrogen and oxygen atoms in total. The summed E-state index contributed by atoms with van der Waals surface area (Å²) in [6.07, 6.45) is 15.9. The lowest BCUT2D eigenvalue weighted by molar-refractivity contribution is 0.258. The van der Waals surface area contributed by atoms with Gasteiger partial charge in [-0.05, 0) is 61.2 Å². The van der Waals surface area contributed by atoms with Crippen LogP contribution in [0.1, 0.15) is 25.7 Å². The second-order valence-electron chi connectivity index (χ2n) is 7.04. The minimum atomic E-state index is 0.654. The fourth-order valence-electron chi connectivity index (χ4n) is 5.02. The molecule has 8 atom stereocenters. The Morgan fingerprint density at radius 2 is 1.74 bits per heavy atom. The smallest absolute Gasteiger partial charge is 0.0878 e. The fraction of sp³-hybridized carbons (Fsp3) is 0.667. The van der Waals surface area contributed by atoms with Gasteiger partial charge in [0.05, 0.1) is 12.2 Å². The summed E-state index contributed by atoms with van der Waals surface area (Å²) in [7, 11) is 0. The average molecular weight is 256 g/mol. The first-order valence-corrected chi connectivity index (χ1v) is 7.89. The lowest BCUT2D eigenvalue weighted by Crippen LogP contribution is -2.15. The maximum absolute atomic E-state index is 5.52. The standard InChI is InChI=1S/C9H12O.C9H12/c1-2-5-3-6-4-7(5)9-8(6)10-9;1-2-8-5-7-3-4-9(8)6-7/h2,5-9H,1,3-4H2;2-4,7-9H,1,5-6H2. The minimum Gasteiger partial charge on any atom is -0.369 e. The van der Waals surface area contributed by atoms with Gasteiger partial charge >= 0.3 is 0 Å². The number of ether oxygens (including phenoxy) is 1. The molecule has 102 valence electrons. The predicted octanol–water partition coefficient (Wildman–Crippen LogP) is 3.98. The van der Waals surface area contributed by atoms with Gasteiger partial charge in [0.25, 0.3) is 0 Å². The van der Waals surface area contributed by atoms with E-state index in [-0.39, 0.29) is 0 Å². The van der Waals surface area contributed by atoms with Crippen LogP contribution in [0.4, 0.5) is 0 Å². The van der Waals surface area contributed by atoms with Crippen molar-refractivity contribution < 1.29 is 4.74 Å². The molecule has 4 bridgehead atoms. The molecule has 19 heavy (non-hydrogen) atoms. The lowest BCUT2D eigenvalue weighted by atomic mass is 9.89. The summed E-state index contributed by atoms with van der Waals surface area (Å²) in [5.41, 5.74) is 0. The van der Waals surface area contributed by atoms with Crippen LogP contribution >= 0.6 is 0 Å². The maximum atomic E-state index is 5.52. The Hall–Kier alpha value is -0.820. The number of epoxide rings is 1. The molecule has 0 amide bonds. The third kappa shape index (κ3) is 1.86. The van der Waals surface area contributed by atoms with Crippen LogP contribution in [0, 0.1) is 35.5 Å². The van der Waals surface area contributed by atoms with Crippen LogP contribution in [0.2, 0.25) is 0 Å². The van der Waals surface area contributed by atoms with E-state index in [4.69, 9.17) is 4.74 Å². The number of hydrogen-bond acceptors (Lipinski definition) is 1. The van der Waals surface area contributed by atoms with Crippen molar-refractivity contribution in [2.45, 2.75) is 37.9 Å². The Morgan fingerprint density at radius 3 is 2.21 bits per heavy atom. The van der Waals surface area contributed by atoms with Crippen molar-refractivity contribution in [1.29, 1.82) is 0 Å². The van der Waals surface area contributed by atoms with E-state index in [0.717, 1.165) is 35.5 Å². The minimum absolute atomic E-state index is 0.654. The van der Waals surface area contributed by atoms with Gasteiger partial charge in [0, 0.05) is 0 Å². The molecule has 5 aliphatic rings. The van der Waals surface area contributed by atoms with Crippen molar-refractivity contribution in [3.05, 3.63) is 37.5 Å². The van der Waals surface area contributed by atoms with Crippen molar-refractivity contribution >= 4 is 0 Å². The molecule has 3 saturated carbocycles. The summed E-state index contributed by atoms with van der Waals surface area (Å²) >= 11 is 0. The second-order valence-corrected chi connectivity index (χ2v) is 7.04. The molecule has 1 aliphatic heterocycles. The van der Waals surface area contributed by atoms with E-state index in [1.165, 1.54) is 25.7 Å². The highest BCUT2D eigenvalue weighted by Gasteiger charge is 2.62. The van der Waals surface area contributed by atoms with E-state index >= 15 is 0 Å². The normalized spacial score (nSPS) is 54.5. The van der Waals surface area contributed by atoms with E-state index < -0.39 is 0 Å². The first-order chi connectivity index (χ1) is 9.30. The number of fused-ring (bicyclic) bond motifs is 7. The molecule has 5 rings (SSSR count). The molecule has 0 radical (unpaired) electrons. The zero-order valence-electron chi connectivity index (χ0n) is 11.6. The summed E-state index contributed by atoms with van der Waals surface area (Å²) in [5, 5.41) is 0. The third-order valence-corrected chi connectivity index (χ3v) is 6.08. The van der Waals surface area contributed by atoms with Crippen LogP contribution in [0.15, 0.2) is 37.5 Å². The van der Waals surface area contributed by atoms with Crippen LogP contribution in [0.5, 0.6) is 0 Å². The Kier molecular flexibility index (Phi) is 2.73. The van der Waals surface area contributed by atoms with Crippen molar-refractivity contribution in [2.24, 2.45) is 35.5 Å². The Balaban J connectivity index is 0.000000103. The van der Waals surface area contributed by atoms with Crippen molar-refractivity contribution in [2.75, 3.05) is 0 Å². The van der Waals surface area contributed by atoms with Gasteiger partial charge in [-0.3, -0.25) is 0 Å². The van der Waals surface area contributed by atoms with Gasteiger partial charge in [0.2, 0.25) is 0 Å². The van der Waals surface area contributed by atoms with Crippen LogP contribution in [0.3, 0.4) is 0 Å². The van der Waals surface area contributed by atoms with Gasteiger partial charge in [-0.15, -0.1) is 13.2 Å². The summed E-state index contributed by atoms with van der Waals surface area (Å²) in [4.78, 5) is 0. The molecule has 0 spiro atoms. The molecule has 8 unspecified atom stereocenters. The van der Waals surface area contributed by atoms with Crippen LogP contribution in [0.25, 0.3) is 0 Å². The monoisotopic (exact) mass is 256 g/mol. The van der Waals surface area contributed by atoms with Crippen LogP contribution in [-0.4, -0.2) is 12.2 Å². The van der Waals surface area contributed by atoms with Gasteiger partial charge < -0.3 is 4.74 Å². The average Bonchev–Trinajstić information content (AvgIpc) is 2.86. The largest absolute Gasteiger partial charge is 0.369 e. The molecular weight excluding hydrogens is 232 g/mol. The molecule has 1 heteroatoms. The highest BCUT2D eigenvalue weighted by atomic mass is 16.6. The molecular formula is C18H24O. The van der Waals surface area contributed by atoms with Crippen molar-refractivity contribution in [3.63, 3.8) is 0 Å². The summed E-state index contributed by atoms with van der Waals surface area (Å²) in [5.74, 6) is 5.10. The quantitative estimate of drug-likeness (QED) is 0.538. The molecule has 0 aromatic heterocycles. The fourth-order valence-corrected chi connectivity index (χ4v) is 5.02. The van der Waals surface area contributed by atoms with Crippen molar-refractivity contribution in [3.8, 4) is 0 Å². The summed E-state index contributed by atoms with van der Waals surface area (Å²) < 4.78 is 5.52. The topological polar surface area (TPSA) is 12.5 Å². The van der Waals surface area contributed by atoms with E-state index in [0.29, 0.717) is 12.2 Å². The third-order valence-electron chi connectivity index (χ3n) is 6.08. The van der Waals surface area contributed by atoms with E-state index in [2.05, 4.69) is 37.5 Å². The highest BCUT2D eigenvalue weighted by Crippen LogP contribution is 2.58. The van der Waals surface area contributed by atoms with Crippen LogP contribution in [-0.2, 0) is 4.74 Å². The summed E-state index contributed by atoms with van der Waals surface area (Å²) in [6, 6.07) is 0. The molecule has 4 fully saturated rings. The molecule has 0 N–H and O–H groups in total. The maximum Gasteiger partial charge on any atom is 0.0878 e. The molecule has 4 aliphatic carbocycles. The SMILES string of the molecule is C=CC1CC2C=CC1C2.C=CC1CC2CC1C1OC21. The number of rotatable bonds is 2. The lowest BCUT2D eigenvalue weighted by Gasteiger charge is -2.13. The van der Waals surface area contributed by atoms with Gasteiger partial charge in [0.15, 0.2) is 0 Å². The predicted molar refractivity (Wildman–Crippen MR) is 77.6 cm³/mol. The molecule has 0 aromatic rings. The molecule has 0 aromatic carbocycles. The zero-order chi connectivity index (χ0) is 13.0. The highest BCUT2D eigenvalue weighted by molar-refractivity contribution is 5.14. The first kappa shape index (κ1) is 12.0. The molecule has 1 heterocycles. The van der Waals surface area contributed by atoms with E-state index in [1.54, 1.807) is 0 Å². The van der Waals surface area contributed by atoms with Crippen molar-refractivity contribution in [1.82, 2.24) is 0 Å². The Labute approximate surface area is 116 Å². The van der Waals surface area contributed by atoms with Crippen LogP contribution < -0.4 is 0 Å². The van der Waals surface area contributed by atoms with E-state index in [1.807, 2.05) is 0 Å². The summed E-state index contributed by atoms with van der Waals surface area (Å²) in [6.45, 7) is 7.69. The van der Waals surface area contributed by atoms with E-state index in [9.17, 15) is 0 Å². The Morgan fingerprint density at radius 1 is 0.895 bits per heavy atom. The zero-order valence-corrected chi connectivity index (χ0v) is 11.6. The Bertz CT molecular complexity index is 423. The first-order valence-electron chi connectivity index (χ1n) is 7.89. The van der Waals surface area contributed by atoms with Gasteiger partial charge in [-0.2, -0.15) is 0 Å². The van der Waals surface area contributed by atoms with Gasteiger partial charge in [-0.25, -0.2) is 0 Å². The molecule has 1 saturated heterocycles. The van der Waals surface area contributed by atoms with Gasteiger partial charge in [-0.1, -0.05) is 24.3 Å². The second kappa shape index (κ2) is 4.34.